The molecule has 0 saturated heterocycles. The smallest absolute Gasteiger partial charge is 0.227 e. The van der Waals surface area contributed by atoms with E-state index in [9.17, 15) is 4.79 Å². The third-order valence-corrected chi connectivity index (χ3v) is 2.22. The zero-order valence-electron chi connectivity index (χ0n) is 6.20. The van der Waals surface area contributed by atoms with Crippen molar-refractivity contribution in [2.75, 3.05) is 0 Å². The van der Waals surface area contributed by atoms with E-state index in [4.69, 9.17) is 0 Å². The molecule has 62 valence electrons. The molecule has 3 nitrogen and oxygen atoms in total. The van der Waals surface area contributed by atoms with Crippen LogP contribution in [0.5, 0.6) is 0 Å². The Labute approximate surface area is 84.0 Å². The zero-order chi connectivity index (χ0) is 8.81. The summed E-state index contributed by atoms with van der Waals surface area (Å²) in [5.41, 5.74) is 3.20. The number of amides is 1. The lowest BCUT2D eigenvalue weighted by Gasteiger charge is -1.94. The van der Waals surface area contributed by atoms with Gasteiger partial charge in [-0.2, -0.15) is 5.10 Å². The quantitative estimate of drug-likeness (QED) is 0.384. The van der Waals surface area contributed by atoms with Gasteiger partial charge in [-0.15, -0.1) is 0 Å². The van der Waals surface area contributed by atoms with E-state index >= 15 is 0 Å². The molecular weight excluding hydrogens is 267 g/mol. The fraction of sp³-hybridized carbons (Fsp3) is 0. The molecule has 0 aromatic heterocycles. The maximum absolute atomic E-state index is 9.85. The number of hydrogen-bond donors (Lipinski definition) is 1. The lowest BCUT2D eigenvalue weighted by Crippen LogP contribution is -2.01. The maximum Gasteiger partial charge on any atom is 0.227 e. The molecule has 0 aliphatic heterocycles. The summed E-state index contributed by atoms with van der Waals surface area (Å²) in [6.07, 6.45) is 2.14. The molecule has 0 heterocycles. The molecule has 0 atom stereocenters. The molecule has 1 rings (SSSR count). The van der Waals surface area contributed by atoms with Crippen molar-refractivity contribution in [3.63, 3.8) is 0 Å². The molecule has 12 heavy (non-hydrogen) atoms. The third-order valence-electron chi connectivity index (χ3n) is 1.24. The topological polar surface area (TPSA) is 41.5 Å². The average molecular weight is 274 g/mol. The van der Waals surface area contributed by atoms with Gasteiger partial charge < -0.3 is 0 Å². The summed E-state index contributed by atoms with van der Waals surface area (Å²) in [7, 11) is 0. The van der Waals surface area contributed by atoms with Crippen molar-refractivity contribution in [2.24, 2.45) is 5.10 Å². The Morgan fingerprint density at radius 1 is 1.42 bits per heavy atom. The minimum absolute atomic E-state index is 0.534. The van der Waals surface area contributed by atoms with Crippen molar-refractivity contribution in [1.82, 2.24) is 5.43 Å². The standard InChI is InChI=1S/C8H7IN2O/c9-8-4-2-1-3-7(8)5-10-11-6-12/h1-6H,(H,11,12). The predicted molar refractivity (Wildman–Crippen MR) is 56.0 cm³/mol. The van der Waals surface area contributed by atoms with Crippen LogP contribution >= 0.6 is 22.6 Å². The van der Waals surface area contributed by atoms with Crippen LogP contribution in [0.1, 0.15) is 5.56 Å². The van der Waals surface area contributed by atoms with Crippen molar-refractivity contribution in [2.45, 2.75) is 0 Å². The SMILES string of the molecule is O=CNN=Cc1ccccc1I. The Morgan fingerprint density at radius 2 is 2.17 bits per heavy atom. The highest BCUT2D eigenvalue weighted by Crippen LogP contribution is 2.08. The van der Waals surface area contributed by atoms with E-state index in [0.29, 0.717) is 6.41 Å². The van der Waals surface area contributed by atoms with E-state index < -0.39 is 0 Å². The van der Waals surface area contributed by atoms with Crippen molar-refractivity contribution in [1.29, 1.82) is 0 Å². The summed E-state index contributed by atoms with van der Waals surface area (Å²) in [5.74, 6) is 0. The van der Waals surface area contributed by atoms with Gasteiger partial charge in [0, 0.05) is 9.13 Å². The van der Waals surface area contributed by atoms with E-state index in [1.165, 1.54) is 0 Å². The van der Waals surface area contributed by atoms with Crippen LogP contribution in [0.15, 0.2) is 29.4 Å². The number of benzene rings is 1. The monoisotopic (exact) mass is 274 g/mol. The summed E-state index contributed by atoms with van der Waals surface area (Å²) in [4.78, 5) is 9.85. The van der Waals surface area contributed by atoms with Crippen LogP contribution in [0.4, 0.5) is 0 Å². The molecule has 1 aromatic carbocycles. The minimum Gasteiger partial charge on any atom is -0.277 e. The highest BCUT2D eigenvalue weighted by Gasteiger charge is 1.91. The summed E-state index contributed by atoms with van der Waals surface area (Å²) in [6.45, 7) is 0. The predicted octanol–water partition coefficient (Wildman–Crippen LogP) is 1.37. The first-order valence-electron chi connectivity index (χ1n) is 3.31. The molecule has 0 fully saturated rings. The van der Waals surface area contributed by atoms with Crippen LogP contribution in [0.2, 0.25) is 0 Å². The van der Waals surface area contributed by atoms with Crippen LogP contribution in [0.3, 0.4) is 0 Å². The maximum atomic E-state index is 9.85. The number of rotatable bonds is 3. The number of carbonyl (C=O) groups excluding carboxylic acids is 1. The number of halogens is 1. The number of carbonyl (C=O) groups is 1. The molecule has 0 bridgehead atoms. The third kappa shape index (κ3) is 2.61. The first-order valence-corrected chi connectivity index (χ1v) is 4.39. The van der Waals surface area contributed by atoms with Crippen LogP contribution in [-0.2, 0) is 4.79 Å². The Bertz CT molecular complexity index is 299. The molecule has 1 N–H and O–H groups in total. The largest absolute Gasteiger partial charge is 0.277 e. The Balaban J connectivity index is 2.74. The highest BCUT2D eigenvalue weighted by molar-refractivity contribution is 14.1. The number of hydrogen-bond acceptors (Lipinski definition) is 2. The summed E-state index contributed by atoms with van der Waals surface area (Å²) < 4.78 is 1.10. The van der Waals surface area contributed by atoms with E-state index in [-0.39, 0.29) is 0 Å². The normalized spacial score (nSPS) is 10.1. The Kier molecular flexibility index (Phi) is 3.72. The van der Waals surface area contributed by atoms with E-state index in [2.05, 4.69) is 33.1 Å². The minimum atomic E-state index is 0.534. The van der Waals surface area contributed by atoms with Crippen LogP contribution in [0, 0.1) is 3.57 Å². The van der Waals surface area contributed by atoms with Gasteiger partial charge in [-0.25, -0.2) is 5.43 Å². The molecule has 0 aliphatic rings. The van der Waals surface area contributed by atoms with Crippen molar-refractivity contribution >= 4 is 35.2 Å². The first kappa shape index (κ1) is 9.18. The molecule has 1 amide bonds. The number of nitrogens with one attached hydrogen (secondary N) is 1. The average Bonchev–Trinajstić information content (AvgIpc) is 2.09. The lowest BCUT2D eigenvalue weighted by molar-refractivity contribution is -0.109. The van der Waals surface area contributed by atoms with Crippen molar-refractivity contribution < 1.29 is 4.79 Å². The molecule has 4 heteroatoms. The molecule has 0 spiro atoms. The highest BCUT2D eigenvalue weighted by atomic mass is 127. The summed E-state index contributed by atoms with van der Waals surface area (Å²) in [6, 6.07) is 7.78. The molecule has 0 radical (unpaired) electrons. The Morgan fingerprint density at radius 3 is 2.83 bits per heavy atom. The van der Waals surface area contributed by atoms with Crippen molar-refractivity contribution in [3.8, 4) is 0 Å². The van der Waals surface area contributed by atoms with Crippen molar-refractivity contribution in [3.05, 3.63) is 33.4 Å². The van der Waals surface area contributed by atoms with Crippen LogP contribution < -0.4 is 5.43 Å². The summed E-state index contributed by atoms with van der Waals surface area (Å²) in [5, 5.41) is 3.67. The van der Waals surface area contributed by atoms with Gasteiger partial charge in [-0.3, -0.25) is 4.79 Å². The fourth-order valence-electron chi connectivity index (χ4n) is 0.717. The van der Waals surface area contributed by atoms with Gasteiger partial charge in [-0.05, 0) is 28.7 Å². The van der Waals surface area contributed by atoms with Crippen LogP contribution in [0.25, 0.3) is 0 Å². The van der Waals surface area contributed by atoms with Gasteiger partial charge in [0.2, 0.25) is 6.41 Å². The van der Waals surface area contributed by atoms with Gasteiger partial charge in [0.25, 0.3) is 0 Å². The summed E-state index contributed by atoms with van der Waals surface area (Å²) >= 11 is 2.20. The fourth-order valence-corrected chi connectivity index (χ4v) is 1.24. The van der Waals surface area contributed by atoms with Gasteiger partial charge >= 0.3 is 0 Å². The molecule has 0 aliphatic carbocycles. The number of hydrazone groups is 1. The van der Waals surface area contributed by atoms with E-state index in [1.54, 1.807) is 6.21 Å². The molecular formula is C8H7IN2O. The second kappa shape index (κ2) is 4.87. The van der Waals surface area contributed by atoms with Gasteiger partial charge in [0.15, 0.2) is 0 Å². The van der Waals surface area contributed by atoms with Gasteiger partial charge in [-0.1, -0.05) is 18.2 Å². The van der Waals surface area contributed by atoms with E-state index in [1.807, 2.05) is 24.3 Å². The van der Waals surface area contributed by atoms with Crippen LogP contribution in [-0.4, -0.2) is 12.6 Å². The van der Waals surface area contributed by atoms with E-state index in [0.717, 1.165) is 9.13 Å². The van der Waals surface area contributed by atoms with Gasteiger partial charge in [0.05, 0.1) is 6.21 Å². The second-order valence-corrected chi connectivity index (χ2v) is 3.19. The molecule has 1 aromatic rings. The molecule has 0 saturated carbocycles. The Hall–Kier alpha value is -0.910. The lowest BCUT2D eigenvalue weighted by atomic mass is 10.2. The zero-order valence-corrected chi connectivity index (χ0v) is 8.36. The van der Waals surface area contributed by atoms with Gasteiger partial charge in [0.1, 0.15) is 0 Å². The first-order chi connectivity index (χ1) is 5.84. The molecule has 0 unspecified atom stereocenters. The number of nitrogens with zero attached hydrogens (tertiary/aromatic N) is 1. The second-order valence-electron chi connectivity index (χ2n) is 2.03.